The van der Waals surface area contributed by atoms with Crippen molar-refractivity contribution in [1.29, 1.82) is 0 Å². The minimum Gasteiger partial charge on any atom is -0.497 e. The van der Waals surface area contributed by atoms with Crippen LogP contribution in [0.3, 0.4) is 0 Å². The highest BCUT2D eigenvalue weighted by molar-refractivity contribution is 5.85. The fraction of sp³-hybridized carbons (Fsp3) is 0.619. The molecule has 2 aliphatic heterocycles. The number of aliphatic carboxylic acids is 1. The molecule has 2 heterocycles. The van der Waals surface area contributed by atoms with Gasteiger partial charge in [0, 0.05) is 26.2 Å². The van der Waals surface area contributed by atoms with E-state index in [4.69, 9.17) is 14.6 Å². The fourth-order valence-corrected chi connectivity index (χ4v) is 4.19. The summed E-state index contributed by atoms with van der Waals surface area (Å²) in [6, 6.07) is 8.06. The third-order valence-electron chi connectivity index (χ3n) is 6.00. The van der Waals surface area contributed by atoms with Crippen LogP contribution in [0, 0.1) is 11.3 Å². The molecule has 1 aromatic carbocycles. The van der Waals surface area contributed by atoms with Crippen LogP contribution >= 0.6 is 0 Å². The first-order valence-electron chi connectivity index (χ1n) is 10.1. The second-order valence-corrected chi connectivity index (χ2v) is 8.34. The third-order valence-corrected chi connectivity index (χ3v) is 6.00. The number of carboxylic acids is 1. The van der Waals surface area contributed by atoms with Gasteiger partial charge in [-0.3, -0.25) is 4.79 Å². The molecule has 2 saturated heterocycles. The Morgan fingerprint density at radius 3 is 2.53 bits per heavy atom. The van der Waals surface area contributed by atoms with E-state index in [0.29, 0.717) is 12.5 Å². The minimum atomic E-state index is -5.08. The predicted octanol–water partition coefficient (Wildman–Crippen LogP) is 3.16. The van der Waals surface area contributed by atoms with E-state index in [1.54, 1.807) is 7.11 Å². The highest BCUT2D eigenvalue weighted by Gasteiger charge is 2.50. The monoisotopic (exact) mass is 428 g/mol. The SMILES string of the molecule is COc1cccc(CN2CCC3(CCN(CC4CC4)C3)C2=O)c1.O=C(O)C(F)(F)F. The van der Waals surface area contributed by atoms with Crippen LogP contribution in [-0.4, -0.2) is 66.2 Å². The van der Waals surface area contributed by atoms with Gasteiger partial charge >= 0.3 is 12.1 Å². The van der Waals surface area contributed by atoms with E-state index in [9.17, 15) is 18.0 Å². The first-order chi connectivity index (χ1) is 14.1. The van der Waals surface area contributed by atoms with Crippen LogP contribution in [-0.2, 0) is 16.1 Å². The molecule has 0 radical (unpaired) electrons. The molecule has 0 bridgehead atoms. The maximum Gasteiger partial charge on any atom is 0.490 e. The zero-order chi connectivity index (χ0) is 21.9. The van der Waals surface area contributed by atoms with Gasteiger partial charge in [-0.2, -0.15) is 13.2 Å². The van der Waals surface area contributed by atoms with E-state index in [0.717, 1.165) is 49.7 Å². The number of hydrogen-bond acceptors (Lipinski definition) is 4. The van der Waals surface area contributed by atoms with Crippen molar-refractivity contribution in [2.45, 2.75) is 38.4 Å². The van der Waals surface area contributed by atoms with Crippen molar-refractivity contribution in [2.75, 3.05) is 33.3 Å². The summed E-state index contributed by atoms with van der Waals surface area (Å²) in [5.74, 6) is -0.610. The molecule has 1 unspecified atom stereocenters. The van der Waals surface area contributed by atoms with Gasteiger partial charge in [-0.15, -0.1) is 0 Å². The molecule has 30 heavy (non-hydrogen) atoms. The van der Waals surface area contributed by atoms with Crippen LogP contribution in [0.4, 0.5) is 13.2 Å². The molecule has 1 aromatic rings. The number of carbonyl (C=O) groups excluding carboxylic acids is 1. The van der Waals surface area contributed by atoms with Crippen molar-refractivity contribution in [2.24, 2.45) is 11.3 Å². The first kappa shape index (κ1) is 22.4. The quantitative estimate of drug-likeness (QED) is 0.780. The molecular formula is C21H27F3N2O4. The van der Waals surface area contributed by atoms with Crippen molar-refractivity contribution >= 4 is 11.9 Å². The van der Waals surface area contributed by atoms with Gasteiger partial charge in [0.25, 0.3) is 0 Å². The Morgan fingerprint density at radius 2 is 1.93 bits per heavy atom. The van der Waals surface area contributed by atoms with Crippen molar-refractivity contribution in [3.63, 3.8) is 0 Å². The Labute approximate surface area is 173 Å². The van der Waals surface area contributed by atoms with E-state index < -0.39 is 12.1 Å². The van der Waals surface area contributed by atoms with Crippen LogP contribution in [0.15, 0.2) is 24.3 Å². The fourth-order valence-electron chi connectivity index (χ4n) is 4.19. The average Bonchev–Trinajstić information content (AvgIpc) is 3.34. The lowest BCUT2D eigenvalue weighted by Gasteiger charge is -2.24. The molecule has 1 N–H and O–H groups in total. The summed E-state index contributed by atoms with van der Waals surface area (Å²) in [4.78, 5) is 26.5. The van der Waals surface area contributed by atoms with Crippen LogP contribution < -0.4 is 4.74 Å². The lowest BCUT2D eigenvalue weighted by molar-refractivity contribution is -0.192. The van der Waals surface area contributed by atoms with Gasteiger partial charge in [-0.25, -0.2) is 4.79 Å². The first-order valence-corrected chi connectivity index (χ1v) is 10.1. The molecule has 1 aliphatic carbocycles. The van der Waals surface area contributed by atoms with Gasteiger partial charge in [0.05, 0.1) is 12.5 Å². The lowest BCUT2D eigenvalue weighted by Crippen LogP contribution is -2.37. The molecule has 1 saturated carbocycles. The number of carbonyl (C=O) groups is 2. The molecule has 166 valence electrons. The number of rotatable bonds is 5. The molecular weight excluding hydrogens is 401 g/mol. The summed E-state index contributed by atoms with van der Waals surface area (Å²) < 4.78 is 37.0. The van der Waals surface area contributed by atoms with E-state index in [1.807, 2.05) is 18.2 Å². The highest BCUT2D eigenvalue weighted by atomic mass is 19.4. The Kier molecular flexibility index (Phi) is 6.59. The summed E-state index contributed by atoms with van der Waals surface area (Å²) in [6.45, 7) is 4.91. The van der Waals surface area contributed by atoms with Crippen LogP contribution in [0.1, 0.15) is 31.2 Å². The summed E-state index contributed by atoms with van der Waals surface area (Å²) in [6.07, 6.45) is -0.233. The Hall–Kier alpha value is -2.29. The predicted molar refractivity (Wildman–Crippen MR) is 103 cm³/mol. The number of alkyl halides is 3. The van der Waals surface area contributed by atoms with Gasteiger partial charge in [-0.1, -0.05) is 12.1 Å². The molecule has 9 heteroatoms. The Balaban J connectivity index is 0.000000318. The van der Waals surface area contributed by atoms with Crippen LogP contribution in [0.2, 0.25) is 0 Å². The van der Waals surface area contributed by atoms with Gasteiger partial charge in [-0.05, 0) is 55.8 Å². The summed E-state index contributed by atoms with van der Waals surface area (Å²) in [5, 5.41) is 7.12. The zero-order valence-corrected chi connectivity index (χ0v) is 17.0. The van der Waals surface area contributed by atoms with Crippen molar-refractivity contribution in [3.05, 3.63) is 29.8 Å². The number of ether oxygens (including phenoxy) is 1. The van der Waals surface area contributed by atoms with Crippen molar-refractivity contribution < 1.29 is 32.6 Å². The molecule has 3 aliphatic rings. The summed E-state index contributed by atoms with van der Waals surface area (Å²) in [5.41, 5.74) is 1.07. The Morgan fingerprint density at radius 1 is 1.27 bits per heavy atom. The van der Waals surface area contributed by atoms with Gasteiger partial charge in [0.1, 0.15) is 5.75 Å². The number of methoxy groups -OCH3 is 1. The van der Waals surface area contributed by atoms with Gasteiger partial charge in [0.2, 0.25) is 5.91 Å². The third kappa shape index (κ3) is 5.44. The highest BCUT2D eigenvalue weighted by Crippen LogP contribution is 2.42. The Bertz CT molecular complexity index is 782. The van der Waals surface area contributed by atoms with Gasteiger partial charge in [0.15, 0.2) is 0 Å². The number of hydrogen-bond donors (Lipinski definition) is 1. The summed E-state index contributed by atoms with van der Waals surface area (Å²) >= 11 is 0. The number of likely N-dealkylation sites (tertiary alicyclic amines) is 2. The molecule has 0 aromatic heterocycles. The molecule has 6 nitrogen and oxygen atoms in total. The second-order valence-electron chi connectivity index (χ2n) is 8.34. The molecule has 4 rings (SSSR count). The maximum atomic E-state index is 13.0. The topological polar surface area (TPSA) is 70.1 Å². The van der Waals surface area contributed by atoms with E-state index >= 15 is 0 Å². The van der Waals surface area contributed by atoms with Crippen LogP contribution in [0.5, 0.6) is 5.75 Å². The molecule has 1 amide bonds. The lowest BCUT2D eigenvalue weighted by atomic mass is 9.85. The number of carboxylic acid groups (broad SMARTS) is 1. The number of nitrogens with zero attached hydrogens (tertiary/aromatic N) is 2. The summed E-state index contributed by atoms with van der Waals surface area (Å²) in [7, 11) is 1.68. The minimum absolute atomic E-state index is 0.0895. The van der Waals surface area contributed by atoms with Crippen molar-refractivity contribution in [1.82, 2.24) is 9.80 Å². The zero-order valence-electron chi connectivity index (χ0n) is 17.0. The van der Waals surface area contributed by atoms with Crippen molar-refractivity contribution in [3.8, 4) is 5.75 Å². The van der Waals surface area contributed by atoms with E-state index in [1.165, 1.54) is 19.4 Å². The van der Waals surface area contributed by atoms with E-state index in [-0.39, 0.29) is 5.41 Å². The molecule has 3 fully saturated rings. The normalized spacial score (nSPS) is 24.1. The second kappa shape index (κ2) is 8.83. The van der Waals surface area contributed by atoms with E-state index in [2.05, 4.69) is 15.9 Å². The average molecular weight is 428 g/mol. The maximum absolute atomic E-state index is 13.0. The number of amides is 1. The standard InChI is InChI=1S/C19H26N2O2.C2HF3O2/c1-23-17-4-2-3-16(11-17)13-21-10-8-19(18(21)22)7-9-20(14-19)12-15-5-6-15;3-2(4,5)1(6)7/h2-4,11,15H,5-10,12-14H2,1H3;(H,6,7). The number of benzene rings is 1. The molecule has 1 atom stereocenters. The van der Waals surface area contributed by atoms with Crippen LogP contribution in [0.25, 0.3) is 0 Å². The largest absolute Gasteiger partial charge is 0.497 e. The van der Waals surface area contributed by atoms with Gasteiger partial charge < -0.3 is 19.6 Å². The smallest absolute Gasteiger partial charge is 0.490 e. The number of halogens is 3. The molecule has 1 spiro atoms.